The minimum Gasteiger partial charge on any atom is -0.339 e. The van der Waals surface area contributed by atoms with Gasteiger partial charge in [0.15, 0.2) is 5.82 Å². The number of rotatable bonds is 2. The summed E-state index contributed by atoms with van der Waals surface area (Å²) in [6.45, 7) is 1.90. The zero-order valence-corrected chi connectivity index (χ0v) is 7.81. The second kappa shape index (κ2) is 3.55. The molecule has 5 heteroatoms. The normalized spacial score (nSPS) is 12.7. The summed E-state index contributed by atoms with van der Waals surface area (Å²) in [5.74, 6) is 0.699. The highest BCUT2D eigenvalue weighted by molar-refractivity contribution is 5.47. The standard InChI is InChI=1S/C9H11N5/c1-6(10)7-5-13-9(14-7)8-4-11-2-3-12-8/h2-6H,10H2,1H3,(H,13,14). The van der Waals surface area contributed by atoms with Gasteiger partial charge in [-0.3, -0.25) is 4.98 Å². The molecule has 1 unspecified atom stereocenters. The number of aromatic amines is 1. The van der Waals surface area contributed by atoms with Crippen LogP contribution in [0.4, 0.5) is 0 Å². The average Bonchev–Trinajstić information content (AvgIpc) is 2.68. The third-order valence-electron chi connectivity index (χ3n) is 1.89. The Bertz CT molecular complexity index is 406. The van der Waals surface area contributed by atoms with Crippen molar-refractivity contribution in [3.8, 4) is 11.5 Å². The van der Waals surface area contributed by atoms with Gasteiger partial charge in [-0.05, 0) is 6.92 Å². The van der Waals surface area contributed by atoms with Gasteiger partial charge in [0.05, 0.1) is 18.1 Å². The van der Waals surface area contributed by atoms with Crippen molar-refractivity contribution >= 4 is 0 Å². The molecule has 2 heterocycles. The molecule has 0 amide bonds. The summed E-state index contributed by atoms with van der Waals surface area (Å²) in [7, 11) is 0. The van der Waals surface area contributed by atoms with Gasteiger partial charge < -0.3 is 10.7 Å². The van der Waals surface area contributed by atoms with Gasteiger partial charge in [0, 0.05) is 18.4 Å². The molecular formula is C9H11N5. The molecule has 0 aliphatic heterocycles. The van der Waals surface area contributed by atoms with E-state index in [1.54, 1.807) is 24.8 Å². The predicted molar refractivity (Wildman–Crippen MR) is 52.2 cm³/mol. The fourth-order valence-electron chi connectivity index (χ4n) is 1.12. The van der Waals surface area contributed by atoms with E-state index in [9.17, 15) is 0 Å². The summed E-state index contributed by atoms with van der Waals surface area (Å²) >= 11 is 0. The van der Waals surface area contributed by atoms with Crippen molar-refractivity contribution in [1.82, 2.24) is 19.9 Å². The quantitative estimate of drug-likeness (QED) is 0.735. The lowest BCUT2D eigenvalue weighted by Crippen LogP contribution is -2.04. The maximum atomic E-state index is 5.70. The summed E-state index contributed by atoms with van der Waals surface area (Å²) in [6.07, 6.45) is 6.63. The molecule has 0 saturated carbocycles. The fourth-order valence-corrected chi connectivity index (χ4v) is 1.12. The van der Waals surface area contributed by atoms with Crippen LogP contribution in [-0.4, -0.2) is 19.9 Å². The lowest BCUT2D eigenvalue weighted by Gasteiger charge is -1.98. The van der Waals surface area contributed by atoms with Crippen molar-refractivity contribution in [3.63, 3.8) is 0 Å². The maximum Gasteiger partial charge on any atom is 0.157 e. The molecule has 2 aromatic heterocycles. The first-order valence-corrected chi connectivity index (χ1v) is 4.34. The van der Waals surface area contributed by atoms with E-state index in [-0.39, 0.29) is 6.04 Å². The van der Waals surface area contributed by atoms with Crippen molar-refractivity contribution in [3.05, 3.63) is 30.5 Å². The Morgan fingerprint density at radius 3 is 2.71 bits per heavy atom. The van der Waals surface area contributed by atoms with E-state index >= 15 is 0 Å². The van der Waals surface area contributed by atoms with Crippen LogP contribution in [0.25, 0.3) is 11.5 Å². The Kier molecular flexibility index (Phi) is 2.24. The Balaban J connectivity index is 2.34. The molecule has 2 rings (SSSR count). The number of hydrogen-bond acceptors (Lipinski definition) is 4. The number of imidazole rings is 1. The molecule has 5 nitrogen and oxygen atoms in total. The molecule has 0 aliphatic rings. The van der Waals surface area contributed by atoms with Crippen molar-refractivity contribution < 1.29 is 0 Å². The van der Waals surface area contributed by atoms with Crippen LogP contribution in [0.1, 0.15) is 18.7 Å². The van der Waals surface area contributed by atoms with Crippen molar-refractivity contribution in [2.45, 2.75) is 13.0 Å². The largest absolute Gasteiger partial charge is 0.339 e. The van der Waals surface area contributed by atoms with Crippen LogP contribution in [0, 0.1) is 0 Å². The van der Waals surface area contributed by atoms with Crippen LogP contribution in [0.2, 0.25) is 0 Å². The monoisotopic (exact) mass is 189 g/mol. The number of nitrogens with two attached hydrogens (primary N) is 1. The molecule has 1 atom stereocenters. The minimum absolute atomic E-state index is 0.0482. The lowest BCUT2D eigenvalue weighted by atomic mass is 10.3. The summed E-state index contributed by atoms with van der Waals surface area (Å²) in [6, 6.07) is -0.0482. The van der Waals surface area contributed by atoms with Crippen molar-refractivity contribution in [2.75, 3.05) is 0 Å². The molecule has 0 aliphatic carbocycles. The topological polar surface area (TPSA) is 80.5 Å². The number of nitrogens with zero attached hydrogens (tertiary/aromatic N) is 3. The Hall–Kier alpha value is -1.75. The van der Waals surface area contributed by atoms with E-state index in [0.717, 1.165) is 11.4 Å². The molecule has 2 aromatic rings. The minimum atomic E-state index is -0.0482. The van der Waals surface area contributed by atoms with Crippen LogP contribution in [0.15, 0.2) is 24.8 Å². The summed E-state index contributed by atoms with van der Waals surface area (Å²) in [5, 5.41) is 0. The molecule has 0 fully saturated rings. The Labute approximate surface area is 81.4 Å². The fraction of sp³-hybridized carbons (Fsp3) is 0.222. The zero-order valence-electron chi connectivity index (χ0n) is 7.81. The first-order valence-electron chi connectivity index (χ1n) is 4.34. The van der Waals surface area contributed by atoms with Crippen LogP contribution in [0.5, 0.6) is 0 Å². The lowest BCUT2D eigenvalue weighted by molar-refractivity contribution is 0.789. The molecule has 0 aromatic carbocycles. The summed E-state index contributed by atoms with van der Waals surface area (Å²) < 4.78 is 0. The van der Waals surface area contributed by atoms with Crippen LogP contribution in [-0.2, 0) is 0 Å². The van der Waals surface area contributed by atoms with Gasteiger partial charge in [-0.2, -0.15) is 0 Å². The van der Waals surface area contributed by atoms with E-state index < -0.39 is 0 Å². The third kappa shape index (κ3) is 1.62. The van der Waals surface area contributed by atoms with Gasteiger partial charge in [0.1, 0.15) is 5.69 Å². The van der Waals surface area contributed by atoms with Gasteiger partial charge in [0.25, 0.3) is 0 Å². The van der Waals surface area contributed by atoms with Crippen LogP contribution >= 0.6 is 0 Å². The first-order chi connectivity index (χ1) is 6.77. The van der Waals surface area contributed by atoms with E-state index in [2.05, 4.69) is 19.9 Å². The molecule has 72 valence electrons. The molecule has 0 radical (unpaired) electrons. The van der Waals surface area contributed by atoms with Gasteiger partial charge in [0.2, 0.25) is 0 Å². The average molecular weight is 189 g/mol. The number of nitrogens with one attached hydrogen (secondary N) is 1. The van der Waals surface area contributed by atoms with E-state index in [1.807, 2.05) is 6.92 Å². The van der Waals surface area contributed by atoms with Crippen LogP contribution < -0.4 is 5.73 Å². The molecule has 0 spiro atoms. The van der Waals surface area contributed by atoms with Gasteiger partial charge in [-0.1, -0.05) is 0 Å². The van der Waals surface area contributed by atoms with E-state index in [4.69, 9.17) is 5.73 Å². The molecular weight excluding hydrogens is 178 g/mol. The molecule has 14 heavy (non-hydrogen) atoms. The third-order valence-corrected chi connectivity index (χ3v) is 1.89. The van der Waals surface area contributed by atoms with Gasteiger partial charge >= 0.3 is 0 Å². The summed E-state index contributed by atoms with van der Waals surface area (Å²) in [5.41, 5.74) is 7.31. The van der Waals surface area contributed by atoms with Crippen molar-refractivity contribution in [1.29, 1.82) is 0 Å². The number of H-pyrrole nitrogens is 1. The summed E-state index contributed by atoms with van der Waals surface area (Å²) in [4.78, 5) is 15.3. The number of aromatic nitrogens is 4. The maximum absolute atomic E-state index is 5.70. The SMILES string of the molecule is CC(N)c1cnc(-c2cnccn2)[nH]1. The van der Waals surface area contributed by atoms with E-state index in [1.165, 1.54) is 0 Å². The highest BCUT2D eigenvalue weighted by atomic mass is 15.0. The Morgan fingerprint density at radius 1 is 1.29 bits per heavy atom. The second-order valence-electron chi connectivity index (χ2n) is 3.07. The molecule has 0 saturated heterocycles. The predicted octanol–water partition coefficient (Wildman–Crippen LogP) is 0.886. The van der Waals surface area contributed by atoms with Crippen molar-refractivity contribution in [2.24, 2.45) is 5.73 Å². The second-order valence-corrected chi connectivity index (χ2v) is 3.07. The number of hydrogen-bond donors (Lipinski definition) is 2. The van der Waals surface area contributed by atoms with Gasteiger partial charge in [-0.25, -0.2) is 9.97 Å². The van der Waals surface area contributed by atoms with Gasteiger partial charge in [-0.15, -0.1) is 0 Å². The highest BCUT2D eigenvalue weighted by Gasteiger charge is 2.06. The molecule has 0 bridgehead atoms. The van der Waals surface area contributed by atoms with Crippen LogP contribution in [0.3, 0.4) is 0 Å². The van der Waals surface area contributed by atoms with E-state index in [0.29, 0.717) is 5.82 Å². The highest BCUT2D eigenvalue weighted by Crippen LogP contribution is 2.13. The molecule has 3 N–H and O–H groups in total. The first kappa shape index (κ1) is 8.83. The zero-order chi connectivity index (χ0) is 9.97. The Morgan fingerprint density at radius 2 is 2.14 bits per heavy atom. The smallest absolute Gasteiger partial charge is 0.157 e.